The van der Waals surface area contributed by atoms with Gasteiger partial charge >= 0.3 is 0 Å². The second-order valence-corrected chi connectivity index (χ2v) is 5.22. The van der Waals surface area contributed by atoms with E-state index in [9.17, 15) is 4.79 Å². The summed E-state index contributed by atoms with van der Waals surface area (Å²) in [5.41, 5.74) is 8.44. The lowest BCUT2D eigenvalue weighted by Crippen LogP contribution is -2.38. The van der Waals surface area contributed by atoms with Gasteiger partial charge in [-0.3, -0.25) is 4.79 Å². The number of benzene rings is 1. The van der Waals surface area contributed by atoms with Gasteiger partial charge in [-0.05, 0) is 44.4 Å². The number of hydrogen-bond donors (Lipinski definition) is 2. The molecule has 1 saturated heterocycles. The maximum Gasteiger partial charge on any atom is 0.224 e. The predicted octanol–water partition coefficient (Wildman–Crippen LogP) is 3.00. The fourth-order valence-electron chi connectivity index (χ4n) is 2.60. The van der Waals surface area contributed by atoms with Gasteiger partial charge in [0.15, 0.2) is 0 Å². The van der Waals surface area contributed by atoms with E-state index < -0.39 is 0 Å². The van der Waals surface area contributed by atoms with Crippen molar-refractivity contribution in [3.8, 4) is 0 Å². The third-order valence-corrected chi connectivity index (χ3v) is 3.73. The number of nitrogens with zero attached hydrogens (tertiary/aromatic N) is 1. The number of nitrogens with one attached hydrogen (secondary N) is 1. The summed E-state index contributed by atoms with van der Waals surface area (Å²) in [4.78, 5) is 14.0. The zero-order valence-electron chi connectivity index (χ0n) is 11.8. The maximum atomic E-state index is 11.6. The summed E-state index contributed by atoms with van der Waals surface area (Å²) >= 11 is 0. The van der Waals surface area contributed by atoms with E-state index in [1.54, 1.807) is 0 Å². The molecule has 19 heavy (non-hydrogen) atoms. The number of rotatable bonds is 3. The Morgan fingerprint density at radius 2 is 2.26 bits per heavy atom. The Hall–Kier alpha value is -1.71. The Balaban J connectivity index is 2.30. The van der Waals surface area contributed by atoms with Gasteiger partial charge in [0.05, 0.1) is 11.4 Å². The lowest BCUT2D eigenvalue weighted by Gasteiger charge is -2.36. The fourth-order valence-corrected chi connectivity index (χ4v) is 2.60. The molecule has 0 unspecified atom stereocenters. The van der Waals surface area contributed by atoms with E-state index >= 15 is 0 Å². The minimum Gasteiger partial charge on any atom is -0.399 e. The van der Waals surface area contributed by atoms with Crippen LogP contribution in [0.5, 0.6) is 0 Å². The van der Waals surface area contributed by atoms with Crippen LogP contribution < -0.4 is 16.0 Å². The smallest absolute Gasteiger partial charge is 0.224 e. The first-order valence-corrected chi connectivity index (χ1v) is 7.08. The molecule has 4 nitrogen and oxygen atoms in total. The van der Waals surface area contributed by atoms with Gasteiger partial charge in [0, 0.05) is 24.7 Å². The Morgan fingerprint density at radius 3 is 2.95 bits per heavy atom. The third-order valence-electron chi connectivity index (χ3n) is 3.73. The van der Waals surface area contributed by atoms with Crippen LogP contribution in [0.25, 0.3) is 0 Å². The lowest BCUT2D eigenvalue weighted by atomic mass is 10.0. The normalized spacial score (nSPS) is 19.3. The highest BCUT2D eigenvalue weighted by Crippen LogP contribution is 2.32. The number of nitrogens with two attached hydrogens (primary N) is 1. The Labute approximate surface area is 115 Å². The minimum absolute atomic E-state index is 0.0245. The zero-order valence-corrected chi connectivity index (χ0v) is 11.8. The molecule has 3 N–H and O–H groups in total. The van der Waals surface area contributed by atoms with Crippen molar-refractivity contribution in [3.63, 3.8) is 0 Å². The van der Waals surface area contributed by atoms with Crippen LogP contribution in [0.3, 0.4) is 0 Å². The van der Waals surface area contributed by atoms with Crippen molar-refractivity contribution in [2.24, 2.45) is 0 Å². The first-order chi connectivity index (χ1) is 9.11. The van der Waals surface area contributed by atoms with Crippen LogP contribution in [0.4, 0.5) is 17.1 Å². The molecule has 1 amide bonds. The highest BCUT2D eigenvalue weighted by Gasteiger charge is 2.21. The molecule has 1 aromatic rings. The largest absolute Gasteiger partial charge is 0.399 e. The van der Waals surface area contributed by atoms with E-state index in [4.69, 9.17) is 5.73 Å². The van der Waals surface area contributed by atoms with Gasteiger partial charge in [0.1, 0.15) is 0 Å². The van der Waals surface area contributed by atoms with Crippen molar-refractivity contribution < 1.29 is 4.79 Å². The second-order valence-electron chi connectivity index (χ2n) is 5.22. The molecule has 0 radical (unpaired) electrons. The van der Waals surface area contributed by atoms with E-state index in [1.165, 1.54) is 19.3 Å². The Morgan fingerprint density at radius 1 is 1.47 bits per heavy atom. The molecule has 1 aliphatic rings. The van der Waals surface area contributed by atoms with Gasteiger partial charge in [-0.1, -0.05) is 6.92 Å². The number of carbonyl (C=O) groups excluding carboxylic acids is 1. The highest BCUT2D eigenvalue weighted by molar-refractivity contribution is 5.95. The SMILES string of the molecule is CCC(=O)Nc1cc(N)ccc1N1CCCC[C@@H]1C. The molecule has 0 saturated carbocycles. The van der Waals surface area contributed by atoms with Crippen LogP contribution in [-0.2, 0) is 4.79 Å². The van der Waals surface area contributed by atoms with E-state index in [0.717, 1.165) is 17.9 Å². The molecule has 1 atom stereocenters. The maximum absolute atomic E-state index is 11.6. The number of piperidine rings is 1. The molecule has 1 aromatic carbocycles. The van der Waals surface area contributed by atoms with Crippen molar-refractivity contribution in [3.05, 3.63) is 18.2 Å². The molecule has 0 aromatic heterocycles. The highest BCUT2D eigenvalue weighted by atomic mass is 16.1. The number of carbonyl (C=O) groups is 1. The second kappa shape index (κ2) is 5.95. The number of nitrogen functional groups attached to an aromatic ring is 1. The number of anilines is 3. The average Bonchev–Trinajstić information content (AvgIpc) is 2.40. The van der Waals surface area contributed by atoms with E-state index in [1.807, 2.05) is 25.1 Å². The average molecular weight is 261 g/mol. The summed E-state index contributed by atoms with van der Waals surface area (Å²) in [5.74, 6) is 0.0245. The van der Waals surface area contributed by atoms with E-state index in [0.29, 0.717) is 18.2 Å². The molecule has 0 spiro atoms. The molecular formula is C15H23N3O. The molecule has 1 fully saturated rings. The van der Waals surface area contributed by atoms with Crippen molar-refractivity contribution in [2.45, 2.75) is 45.6 Å². The first kappa shape index (κ1) is 13.7. The Bertz CT molecular complexity index is 459. The summed E-state index contributed by atoms with van der Waals surface area (Å²) in [6, 6.07) is 6.28. The van der Waals surface area contributed by atoms with Crippen molar-refractivity contribution in [2.75, 3.05) is 22.5 Å². The summed E-state index contributed by atoms with van der Waals surface area (Å²) in [5, 5.41) is 2.96. The topological polar surface area (TPSA) is 58.4 Å². The minimum atomic E-state index is 0.0245. The standard InChI is InChI=1S/C15H23N3O/c1-3-15(19)17-13-10-12(16)7-8-14(13)18-9-5-4-6-11(18)2/h7-8,10-11H,3-6,9,16H2,1-2H3,(H,17,19)/t11-/m0/s1. The summed E-state index contributed by atoms with van der Waals surface area (Å²) in [6.07, 6.45) is 4.16. The number of amides is 1. The molecule has 1 heterocycles. The lowest BCUT2D eigenvalue weighted by molar-refractivity contribution is -0.115. The fraction of sp³-hybridized carbons (Fsp3) is 0.533. The van der Waals surface area contributed by atoms with Gasteiger partial charge in [-0.25, -0.2) is 0 Å². The van der Waals surface area contributed by atoms with Crippen molar-refractivity contribution in [1.82, 2.24) is 0 Å². The quantitative estimate of drug-likeness (QED) is 0.822. The summed E-state index contributed by atoms with van der Waals surface area (Å²) < 4.78 is 0. The van der Waals surface area contributed by atoms with Crippen molar-refractivity contribution >= 4 is 23.0 Å². The van der Waals surface area contributed by atoms with Crippen LogP contribution in [0.2, 0.25) is 0 Å². The third kappa shape index (κ3) is 3.19. The van der Waals surface area contributed by atoms with Crippen LogP contribution in [-0.4, -0.2) is 18.5 Å². The van der Waals surface area contributed by atoms with Crippen LogP contribution in [0.1, 0.15) is 39.5 Å². The van der Waals surface area contributed by atoms with Crippen LogP contribution in [0, 0.1) is 0 Å². The van der Waals surface area contributed by atoms with E-state index in [2.05, 4.69) is 17.1 Å². The van der Waals surface area contributed by atoms with Crippen LogP contribution >= 0.6 is 0 Å². The molecule has 2 rings (SSSR count). The van der Waals surface area contributed by atoms with Gasteiger partial charge in [0.25, 0.3) is 0 Å². The summed E-state index contributed by atoms with van der Waals surface area (Å²) in [6.45, 7) is 5.13. The molecule has 0 aliphatic carbocycles. The monoisotopic (exact) mass is 261 g/mol. The zero-order chi connectivity index (χ0) is 13.8. The van der Waals surface area contributed by atoms with Crippen LogP contribution in [0.15, 0.2) is 18.2 Å². The van der Waals surface area contributed by atoms with Gasteiger partial charge in [-0.2, -0.15) is 0 Å². The van der Waals surface area contributed by atoms with Gasteiger partial charge < -0.3 is 16.0 Å². The molecule has 4 heteroatoms. The van der Waals surface area contributed by atoms with Crippen molar-refractivity contribution in [1.29, 1.82) is 0 Å². The molecular weight excluding hydrogens is 238 g/mol. The Kier molecular flexibility index (Phi) is 4.30. The molecule has 1 aliphatic heterocycles. The molecule has 0 bridgehead atoms. The van der Waals surface area contributed by atoms with Gasteiger partial charge in [0.2, 0.25) is 5.91 Å². The predicted molar refractivity (Wildman–Crippen MR) is 80.4 cm³/mol. The van der Waals surface area contributed by atoms with Gasteiger partial charge in [-0.15, -0.1) is 0 Å². The van der Waals surface area contributed by atoms with E-state index in [-0.39, 0.29) is 5.91 Å². The first-order valence-electron chi connectivity index (χ1n) is 7.08. The number of hydrogen-bond acceptors (Lipinski definition) is 3. The summed E-state index contributed by atoms with van der Waals surface area (Å²) in [7, 11) is 0. The molecule has 104 valence electrons.